The van der Waals surface area contributed by atoms with Crippen LogP contribution in [0.2, 0.25) is 0 Å². The maximum atomic E-state index is 12.1. The van der Waals surface area contributed by atoms with Gasteiger partial charge in [0.15, 0.2) is 0 Å². The molecule has 0 amide bonds. The number of aryl methyl sites for hydroxylation is 2. The number of pyridine rings is 1. The maximum Gasteiger partial charge on any atom is 0.268 e. The maximum absolute atomic E-state index is 12.1. The Balaban J connectivity index is 2.78. The van der Waals surface area contributed by atoms with E-state index in [9.17, 15) is 4.79 Å². The predicted octanol–water partition coefficient (Wildman–Crippen LogP) is 3.06. The first-order valence-electron chi connectivity index (χ1n) is 5.15. The van der Waals surface area contributed by atoms with Gasteiger partial charge in [0.1, 0.15) is 4.70 Å². The Morgan fingerprint density at radius 2 is 2.06 bits per heavy atom. The highest BCUT2D eigenvalue weighted by atomic mass is 32.1. The fourth-order valence-electron chi connectivity index (χ4n) is 2.22. The lowest BCUT2D eigenvalue weighted by molar-refractivity contribution is 0.920. The fraction of sp³-hybridized carbons (Fsp3) is 0.154. The molecule has 16 heavy (non-hydrogen) atoms. The molecule has 2 heterocycles. The topological polar surface area (TPSA) is 22.0 Å². The van der Waals surface area contributed by atoms with E-state index >= 15 is 0 Å². The molecule has 3 heteroatoms. The number of hydrogen-bond donors (Lipinski definition) is 0. The number of hydrogen-bond acceptors (Lipinski definition) is 2. The molecular formula is C13H11NOS. The van der Waals surface area contributed by atoms with Crippen molar-refractivity contribution in [3.8, 4) is 0 Å². The summed E-state index contributed by atoms with van der Waals surface area (Å²) in [6, 6.07) is 8.12. The summed E-state index contributed by atoms with van der Waals surface area (Å²) in [5, 5.41) is 4.26. The van der Waals surface area contributed by atoms with E-state index in [0.29, 0.717) is 0 Å². The summed E-state index contributed by atoms with van der Waals surface area (Å²) in [6.07, 6.45) is 0. The molecule has 0 fully saturated rings. The zero-order valence-corrected chi connectivity index (χ0v) is 9.97. The zero-order valence-electron chi connectivity index (χ0n) is 9.15. The molecule has 2 aromatic heterocycles. The Morgan fingerprint density at radius 3 is 2.88 bits per heavy atom. The Bertz CT molecular complexity index is 752. The van der Waals surface area contributed by atoms with Gasteiger partial charge in [0, 0.05) is 17.8 Å². The zero-order chi connectivity index (χ0) is 11.3. The first-order chi connectivity index (χ1) is 7.70. The average molecular weight is 229 g/mol. The second kappa shape index (κ2) is 3.19. The van der Waals surface area contributed by atoms with Gasteiger partial charge in [-0.25, -0.2) is 0 Å². The molecule has 0 N–H and O–H groups in total. The number of rotatable bonds is 0. The van der Waals surface area contributed by atoms with Crippen LogP contribution in [0.25, 0.3) is 21.0 Å². The van der Waals surface area contributed by atoms with Crippen molar-refractivity contribution in [3.63, 3.8) is 0 Å². The monoisotopic (exact) mass is 229 g/mol. The normalized spacial score (nSPS) is 11.4. The van der Waals surface area contributed by atoms with Crippen molar-refractivity contribution >= 4 is 32.3 Å². The lowest BCUT2D eigenvalue weighted by Crippen LogP contribution is -2.16. The van der Waals surface area contributed by atoms with Crippen LogP contribution in [0.1, 0.15) is 5.56 Å². The minimum absolute atomic E-state index is 0.100. The Hall–Kier alpha value is -1.61. The van der Waals surface area contributed by atoms with E-state index in [0.717, 1.165) is 15.6 Å². The predicted molar refractivity (Wildman–Crippen MR) is 69.3 cm³/mol. The molecule has 0 bridgehead atoms. The van der Waals surface area contributed by atoms with Gasteiger partial charge in [-0.05, 0) is 30.0 Å². The van der Waals surface area contributed by atoms with Gasteiger partial charge >= 0.3 is 0 Å². The summed E-state index contributed by atoms with van der Waals surface area (Å²) >= 11 is 1.52. The molecule has 0 saturated heterocycles. The van der Waals surface area contributed by atoms with Crippen molar-refractivity contribution in [3.05, 3.63) is 45.6 Å². The van der Waals surface area contributed by atoms with Crippen LogP contribution in [0.15, 0.2) is 34.4 Å². The summed E-state index contributed by atoms with van der Waals surface area (Å²) in [4.78, 5) is 12.1. The third-order valence-corrected chi connectivity index (χ3v) is 3.95. The summed E-state index contributed by atoms with van der Waals surface area (Å²) in [7, 11) is 1.84. The van der Waals surface area contributed by atoms with Gasteiger partial charge in [-0.15, -0.1) is 11.3 Å². The molecule has 3 rings (SSSR count). The Kier molecular flexibility index (Phi) is 1.91. The first kappa shape index (κ1) is 9.60. The van der Waals surface area contributed by atoms with Gasteiger partial charge in [-0.3, -0.25) is 4.79 Å². The van der Waals surface area contributed by atoms with E-state index in [1.807, 2.05) is 30.6 Å². The van der Waals surface area contributed by atoms with Crippen LogP contribution in [-0.4, -0.2) is 4.57 Å². The van der Waals surface area contributed by atoms with Crippen LogP contribution in [0.4, 0.5) is 0 Å². The van der Waals surface area contributed by atoms with Gasteiger partial charge in [-0.1, -0.05) is 12.1 Å². The number of fused-ring (bicyclic) bond motifs is 3. The Labute approximate surface area is 96.8 Å². The summed E-state index contributed by atoms with van der Waals surface area (Å²) in [5.74, 6) is 0. The van der Waals surface area contributed by atoms with Crippen molar-refractivity contribution in [1.82, 2.24) is 4.57 Å². The minimum Gasteiger partial charge on any atom is -0.310 e. The van der Waals surface area contributed by atoms with E-state index in [1.54, 1.807) is 4.57 Å². The molecule has 0 unspecified atom stereocenters. The lowest BCUT2D eigenvalue weighted by Gasteiger charge is -2.08. The van der Waals surface area contributed by atoms with Crippen molar-refractivity contribution in [2.45, 2.75) is 6.92 Å². The first-order valence-corrected chi connectivity index (χ1v) is 6.03. The quantitative estimate of drug-likeness (QED) is 0.580. The third kappa shape index (κ3) is 1.09. The SMILES string of the molecule is Cc1cccc2c1c1ccsc1c(=O)n2C. The van der Waals surface area contributed by atoms with E-state index in [4.69, 9.17) is 0 Å². The van der Waals surface area contributed by atoms with Crippen molar-refractivity contribution in [1.29, 1.82) is 0 Å². The molecule has 0 spiro atoms. The van der Waals surface area contributed by atoms with Gasteiger partial charge in [0.2, 0.25) is 0 Å². The van der Waals surface area contributed by atoms with Gasteiger partial charge in [0.05, 0.1) is 5.52 Å². The van der Waals surface area contributed by atoms with E-state index < -0.39 is 0 Å². The number of nitrogens with zero attached hydrogens (tertiary/aromatic N) is 1. The van der Waals surface area contributed by atoms with Gasteiger partial charge in [-0.2, -0.15) is 0 Å². The summed E-state index contributed by atoms with van der Waals surface area (Å²) in [5.41, 5.74) is 2.33. The molecule has 0 saturated carbocycles. The van der Waals surface area contributed by atoms with Crippen molar-refractivity contribution < 1.29 is 0 Å². The van der Waals surface area contributed by atoms with E-state index in [-0.39, 0.29) is 5.56 Å². The highest BCUT2D eigenvalue weighted by Gasteiger charge is 2.10. The van der Waals surface area contributed by atoms with Crippen molar-refractivity contribution in [2.75, 3.05) is 0 Å². The summed E-state index contributed by atoms with van der Waals surface area (Å²) in [6.45, 7) is 2.09. The average Bonchev–Trinajstić information content (AvgIpc) is 2.74. The second-order valence-corrected chi connectivity index (χ2v) is 4.91. The van der Waals surface area contributed by atoms with Crippen LogP contribution in [0.5, 0.6) is 0 Å². The molecule has 0 aliphatic rings. The van der Waals surface area contributed by atoms with Gasteiger partial charge < -0.3 is 4.57 Å². The number of aromatic nitrogens is 1. The van der Waals surface area contributed by atoms with Crippen LogP contribution < -0.4 is 5.56 Å². The molecule has 0 aliphatic carbocycles. The number of thiophene rings is 1. The van der Waals surface area contributed by atoms with E-state index in [2.05, 4.69) is 13.0 Å². The van der Waals surface area contributed by atoms with Crippen LogP contribution in [-0.2, 0) is 7.05 Å². The number of benzene rings is 1. The molecule has 0 atom stereocenters. The smallest absolute Gasteiger partial charge is 0.268 e. The molecular weight excluding hydrogens is 218 g/mol. The van der Waals surface area contributed by atoms with E-state index in [1.165, 1.54) is 22.3 Å². The molecule has 0 radical (unpaired) electrons. The lowest BCUT2D eigenvalue weighted by atomic mass is 10.1. The fourth-order valence-corrected chi connectivity index (χ4v) is 3.09. The van der Waals surface area contributed by atoms with Crippen LogP contribution >= 0.6 is 11.3 Å². The molecule has 80 valence electrons. The van der Waals surface area contributed by atoms with Crippen LogP contribution in [0, 0.1) is 6.92 Å². The molecule has 3 aromatic rings. The standard InChI is InChI=1S/C13H11NOS/c1-8-4-3-5-10-11(8)9-6-7-16-12(9)13(15)14(10)2/h3-7H,1-2H3. The molecule has 0 aliphatic heterocycles. The highest BCUT2D eigenvalue weighted by Crippen LogP contribution is 2.28. The largest absolute Gasteiger partial charge is 0.310 e. The van der Waals surface area contributed by atoms with Gasteiger partial charge in [0.25, 0.3) is 5.56 Å². The molecule has 2 nitrogen and oxygen atoms in total. The second-order valence-electron chi connectivity index (χ2n) is 4.00. The third-order valence-electron chi connectivity index (χ3n) is 3.05. The van der Waals surface area contributed by atoms with Crippen molar-refractivity contribution in [2.24, 2.45) is 7.05 Å². The molecule has 1 aromatic carbocycles. The Morgan fingerprint density at radius 1 is 1.25 bits per heavy atom. The summed E-state index contributed by atoms with van der Waals surface area (Å²) < 4.78 is 2.59. The minimum atomic E-state index is 0.100. The van der Waals surface area contributed by atoms with Crippen LogP contribution in [0.3, 0.4) is 0 Å². The highest BCUT2D eigenvalue weighted by molar-refractivity contribution is 7.17.